The van der Waals surface area contributed by atoms with Gasteiger partial charge < -0.3 is 9.64 Å². The van der Waals surface area contributed by atoms with E-state index in [2.05, 4.69) is 6.07 Å². The standard InChI is InChI=1S/C17H21FN2O2/c18-15-5-7-16(8-6-15)22-12-9-14(13-19)17(21)20-10-3-1-2-4-11-20/h5-8,14H,1-4,9-12H2. The summed E-state index contributed by atoms with van der Waals surface area (Å²) >= 11 is 0. The fourth-order valence-electron chi connectivity index (χ4n) is 2.58. The van der Waals surface area contributed by atoms with Crippen LogP contribution in [0.4, 0.5) is 4.39 Å². The maximum absolute atomic E-state index is 12.8. The molecular formula is C17H21FN2O2. The second-order valence-electron chi connectivity index (χ2n) is 5.51. The van der Waals surface area contributed by atoms with Gasteiger partial charge in [-0.1, -0.05) is 12.8 Å². The summed E-state index contributed by atoms with van der Waals surface area (Å²) in [5.74, 6) is -0.537. The molecule has 1 aromatic rings. The van der Waals surface area contributed by atoms with E-state index in [1.807, 2.05) is 0 Å². The summed E-state index contributed by atoms with van der Waals surface area (Å²) in [5, 5.41) is 9.23. The molecule has 1 aliphatic heterocycles. The second kappa shape index (κ2) is 8.38. The van der Waals surface area contributed by atoms with E-state index in [-0.39, 0.29) is 18.3 Å². The normalized spacial score (nSPS) is 16.5. The summed E-state index contributed by atoms with van der Waals surface area (Å²) in [5.41, 5.74) is 0. The molecule has 1 heterocycles. The molecule has 0 spiro atoms. The molecule has 1 fully saturated rings. The van der Waals surface area contributed by atoms with E-state index in [1.165, 1.54) is 24.3 Å². The van der Waals surface area contributed by atoms with Gasteiger partial charge in [0.1, 0.15) is 17.5 Å². The zero-order valence-electron chi connectivity index (χ0n) is 12.6. The van der Waals surface area contributed by atoms with Crippen molar-refractivity contribution in [2.45, 2.75) is 32.1 Å². The Hall–Kier alpha value is -2.09. The third-order valence-electron chi connectivity index (χ3n) is 3.86. The van der Waals surface area contributed by atoms with Crippen LogP contribution < -0.4 is 4.74 Å². The first-order chi connectivity index (χ1) is 10.7. The second-order valence-corrected chi connectivity index (χ2v) is 5.51. The Balaban J connectivity index is 1.82. The molecule has 1 saturated heterocycles. The number of amides is 1. The van der Waals surface area contributed by atoms with Crippen LogP contribution in [0.2, 0.25) is 0 Å². The van der Waals surface area contributed by atoms with E-state index in [9.17, 15) is 14.4 Å². The van der Waals surface area contributed by atoms with Crippen molar-refractivity contribution in [3.8, 4) is 11.8 Å². The first-order valence-corrected chi connectivity index (χ1v) is 7.77. The lowest BCUT2D eigenvalue weighted by Crippen LogP contribution is -2.37. The molecular weight excluding hydrogens is 283 g/mol. The summed E-state index contributed by atoms with van der Waals surface area (Å²) in [6.45, 7) is 1.76. The largest absolute Gasteiger partial charge is 0.494 e. The minimum Gasteiger partial charge on any atom is -0.494 e. The van der Waals surface area contributed by atoms with E-state index in [1.54, 1.807) is 4.90 Å². The molecule has 2 rings (SSSR count). The van der Waals surface area contributed by atoms with Gasteiger partial charge >= 0.3 is 0 Å². The number of carbonyl (C=O) groups is 1. The number of carbonyl (C=O) groups excluding carboxylic acids is 1. The van der Waals surface area contributed by atoms with Crippen molar-refractivity contribution >= 4 is 5.91 Å². The Morgan fingerprint density at radius 3 is 2.45 bits per heavy atom. The van der Waals surface area contributed by atoms with Crippen LogP contribution in [-0.4, -0.2) is 30.5 Å². The SMILES string of the molecule is N#CC(CCOc1ccc(F)cc1)C(=O)N1CCCCCC1. The van der Waals surface area contributed by atoms with Crippen molar-refractivity contribution in [1.29, 1.82) is 5.26 Å². The van der Waals surface area contributed by atoms with Crippen LogP contribution in [0, 0.1) is 23.1 Å². The lowest BCUT2D eigenvalue weighted by molar-refractivity contribution is -0.134. The van der Waals surface area contributed by atoms with Crippen molar-refractivity contribution in [3.63, 3.8) is 0 Å². The van der Waals surface area contributed by atoms with Crippen molar-refractivity contribution in [3.05, 3.63) is 30.1 Å². The Kier molecular flexibility index (Phi) is 6.20. The molecule has 0 aromatic heterocycles. The van der Waals surface area contributed by atoms with E-state index in [0.29, 0.717) is 12.2 Å². The highest BCUT2D eigenvalue weighted by Gasteiger charge is 2.24. The molecule has 1 amide bonds. The van der Waals surface area contributed by atoms with Crippen LogP contribution in [0.25, 0.3) is 0 Å². The molecule has 0 radical (unpaired) electrons. The lowest BCUT2D eigenvalue weighted by atomic mass is 10.1. The van der Waals surface area contributed by atoms with Crippen molar-refractivity contribution in [2.24, 2.45) is 5.92 Å². The van der Waals surface area contributed by atoms with Crippen LogP contribution >= 0.6 is 0 Å². The van der Waals surface area contributed by atoms with Gasteiger partial charge in [0, 0.05) is 19.5 Å². The number of hydrogen-bond donors (Lipinski definition) is 0. The highest BCUT2D eigenvalue weighted by atomic mass is 19.1. The summed E-state index contributed by atoms with van der Waals surface area (Å²) in [6.07, 6.45) is 4.67. The van der Waals surface area contributed by atoms with E-state index >= 15 is 0 Å². The number of nitriles is 1. The van der Waals surface area contributed by atoms with Crippen LogP contribution in [0.1, 0.15) is 32.1 Å². The average Bonchev–Trinajstić information content (AvgIpc) is 2.82. The Labute approximate surface area is 130 Å². The average molecular weight is 304 g/mol. The van der Waals surface area contributed by atoms with E-state index in [4.69, 9.17) is 4.74 Å². The van der Waals surface area contributed by atoms with Crippen molar-refractivity contribution in [1.82, 2.24) is 4.90 Å². The number of nitrogens with zero attached hydrogens (tertiary/aromatic N) is 2. The lowest BCUT2D eigenvalue weighted by Gasteiger charge is -2.22. The maximum Gasteiger partial charge on any atom is 0.240 e. The molecule has 1 aliphatic rings. The minimum absolute atomic E-state index is 0.0906. The highest BCUT2D eigenvalue weighted by molar-refractivity contribution is 5.81. The van der Waals surface area contributed by atoms with Crippen LogP contribution in [-0.2, 0) is 4.79 Å². The molecule has 5 heteroatoms. The monoisotopic (exact) mass is 304 g/mol. The van der Waals surface area contributed by atoms with Gasteiger partial charge in [-0.2, -0.15) is 5.26 Å². The number of ether oxygens (including phenoxy) is 1. The zero-order valence-corrected chi connectivity index (χ0v) is 12.6. The number of rotatable bonds is 5. The first-order valence-electron chi connectivity index (χ1n) is 7.77. The highest BCUT2D eigenvalue weighted by Crippen LogP contribution is 2.16. The molecule has 0 saturated carbocycles. The predicted molar refractivity (Wildman–Crippen MR) is 80.7 cm³/mol. The number of halogens is 1. The van der Waals surface area contributed by atoms with Crippen LogP contribution in [0.3, 0.4) is 0 Å². The van der Waals surface area contributed by atoms with Gasteiger partial charge in [-0.05, 0) is 37.1 Å². The number of benzene rings is 1. The van der Waals surface area contributed by atoms with Gasteiger partial charge in [0.15, 0.2) is 0 Å². The fourth-order valence-corrected chi connectivity index (χ4v) is 2.58. The number of likely N-dealkylation sites (tertiary alicyclic amines) is 1. The van der Waals surface area contributed by atoms with E-state index in [0.717, 1.165) is 38.8 Å². The van der Waals surface area contributed by atoms with Crippen LogP contribution in [0.15, 0.2) is 24.3 Å². The Bertz CT molecular complexity index is 516. The van der Waals surface area contributed by atoms with Gasteiger partial charge in [-0.3, -0.25) is 4.79 Å². The van der Waals surface area contributed by atoms with Gasteiger partial charge in [0.25, 0.3) is 0 Å². The quantitative estimate of drug-likeness (QED) is 0.839. The van der Waals surface area contributed by atoms with Crippen LogP contribution in [0.5, 0.6) is 5.75 Å². The van der Waals surface area contributed by atoms with Gasteiger partial charge in [-0.25, -0.2) is 4.39 Å². The molecule has 0 N–H and O–H groups in total. The van der Waals surface area contributed by atoms with Crippen molar-refractivity contribution in [2.75, 3.05) is 19.7 Å². The zero-order chi connectivity index (χ0) is 15.8. The number of hydrogen-bond acceptors (Lipinski definition) is 3. The summed E-state index contributed by atoms with van der Waals surface area (Å²) in [6, 6.07) is 7.79. The molecule has 1 unspecified atom stereocenters. The van der Waals surface area contributed by atoms with Gasteiger partial charge in [0.2, 0.25) is 5.91 Å². The molecule has 118 valence electrons. The smallest absolute Gasteiger partial charge is 0.240 e. The molecule has 4 nitrogen and oxygen atoms in total. The molecule has 22 heavy (non-hydrogen) atoms. The Morgan fingerprint density at radius 2 is 1.86 bits per heavy atom. The Morgan fingerprint density at radius 1 is 1.23 bits per heavy atom. The minimum atomic E-state index is -0.668. The van der Waals surface area contributed by atoms with Gasteiger partial charge in [0.05, 0.1) is 12.7 Å². The van der Waals surface area contributed by atoms with E-state index < -0.39 is 5.92 Å². The predicted octanol–water partition coefficient (Wildman–Crippen LogP) is 3.14. The maximum atomic E-state index is 12.8. The molecule has 1 aromatic carbocycles. The summed E-state index contributed by atoms with van der Waals surface area (Å²) in [7, 11) is 0. The van der Waals surface area contributed by atoms with Crippen molar-refractivity contribution < 1.29 is 13.9 Å². The summed E-state index contributed by atoms with van der Waals surface area (Å²) < 4.78 is 18.3. The molecule has 0 aliphatic carbocycles. The fraction of sp³-hybridized carbons (Fsp3) is 0.529. The first kappa shape index (κ1) is 16.3. The third kappa shape index (κ3) is 4.73. The summed E-state index contributed by atoms with van der Waals surface area (Å²) in [4.78, 5) is 14.2. The molecule has 1 atom stereocenters. The van der Waals surface area contributed by atoms with Gasteiger partial charge in [-0.15, -0.1) is 0 Å². The third-order valence-corrected chi connectivity index (χ3v) is 3.86. The topological polar surface area (TPSA) is 53.3 Å². The molecule has 0 bridgehead atoms.